The average molecular weight is 389 g/mol. The lowest BCUT2D eigenvalue weighted by Gasteiger charge is -2.17. The third-order valence-corrected chi connectivity index (χ3v) is 4.82. The lowest BCUT2D eigenvalue weighted by atomic mass is 10.2. The summed E-state index contributed by atoms with van der Waals surface area (Å²) in [5.74, 6) is -0.487. The maximum absolute atomic E-state index is 11.5. The van der Waals surface area contributed by atoms with E-state index in [1.807, 2.05) is 36.4 Å². The van der Waals surface area contributed by atoms with E-state index in [0.717, 1.165) is 35.3 Å². The Bertz CT molecular complexity index is 1190. The maximum Gasteiger partial charge on any atom is 0.152 e. The summed E-state index contributed by atoms with van der Waals surface area (Å²) in [6.07, 6.45) is 2.10. The molecule has 1 atom stereocenters. The van der Waals surface area contributed by atoms with Gasteiger partial charge in [0.25, 0.3) is 0 Å². The van der Waals surface area contributed by atoms with Gasteiger partial charge >= 0.3 is 0 Å². The molecule has 0 aliphatic carbocycles. The first-order valence-electron chi connectivity index (χ1n) is 9.69. The van der Waals surface area contributed by atoms with Gasteiger partial charge in [0.2, 0.25) is 0 Å². The number of carbonyl (C=O) groups is 1. The van der Waals surface area contributed by atoms with Gasteiger partial charge in [-0.05, 0) is 43.2 Å². The first-order chi connectivity index (χ1) is 14.1. The van der Waals surface area contributed by atoms with Gasteiger partial charge in [0, 0.05) is 5.69 Å². The second-order valence-electron chi connectivity index (χ2n) is 6.86. The van der Waals surface area contributed by atoms with Crippen molar-refractivity contribution in [1.29, 1.82) is 0 Å². The average Bonchev–Trinajstić information content (AvgIpc) is 3.12. The van der Waals surface area contributed by atoms with Gasteiger partial charge in [0.05, 0.1) is 34.3 Å². The molecule has 8 heteroatoms. The van der Waals surface area contributed by atoms with Crippen molar-refractivity contribution < 1.29 is 9.90 Å². The Morgan fingerprint density at radius 1 is 1.10 bits per heavy atom. The minimum atomic E-state index is -1.18. The van der Waals surface area contributed by atoms with Crippen LogP contribution in [-0.4, -0.2) is 30.9 Å². The van der Waals surface area contributed by atoms with Crippen molar-refractivity contribution in [3.8, 4) is 0 Å². The normalized spacial score (nSPS) is 12.3. The number of aromatic nitrogens is 5. The highest BCUT2D eigenvalue weighted by Gasteiger charge is 2.16. The molecule has 4 rings (SSSR count). The van der Waals surface area contributed by atoms with Crippen LogP contribution in [0.3, 0.4) is 0 Å². The topological polar surface area (TPSA) is 109 Å². The molecule has 0 aliphatic rings. The van der Waals surface area contributed by atoms with E-state index < -0.39 is 12.0 Å². The molecule has 0 saturated carbocycles. The summed E-state index contributed by atoms with van der Waals surface area (Å²) in [6.45, 7) is 3.87. The zero-order chi connectivity index (χ0) is 20.4. The maximum atomic E-state index is 11.5. The lowest BCUT2D eigenvalue weighted by Crippen LogP contribution is -2.33. The number of hydrogen-bond donors (Lipinski definition) is 1. The van der Waals surface area contributed by atoms with Crippen molar-refractivity contribution in [3.63, 3.8) is 0 Å². The number of nitrogens with one attached hydrogen (secondary N) is 1. The van der Waals surface area contributed by atoms with E-state index in [4.69, 9.17) is 9.97 Å². The molecule has 29 heavy (non-hydrogen) atoms. The van der Waals surface area contributed by atoms with Gasteiger partial charge in [0.1, 0.15) is 5.52 Å². The molecule has 0 bridgehead atoms. The van der Waals surface area contributed by atoms with Crippen LogP contribution in [0.5, 0.6) is 0 Å². The van der Waals surface area contributed by atoms with Gasteiger partial charge < -0.3 is 15.2 Å². The summed E-state index contributed by atoms with van der Waals surface area (Å²) in [6, 6.07) is 12.4. The molecule has 148 valence electrons. The number of aliphatic carboxylic acids is 1. The Balaban J connectivity index is 1.76. The van der Waals surface area contributed by atoms with E-state index in [1.165, 1.54) is 4.68 Å². The van der Waals surface area contributed by atoms with Gasteiger partial charge in [0.15, 0.2) is 5.82 Å². The molecule has 0 radical (unpaired) electrons. The number of nitrogens with zero attached hydrogens (tertiary/aromatic N) is 5. The van der Waals surface area contributed by atoms with Crippen molar-refractivity contribution in [3.05, 3.63) is 48.2 Å². The minimum absolute atomic E-state index is 0.356. The van der Waals surface area contributed by atoms with Gasteiger partial charge in [-0.25, -0.2) is 14.6 Å². The Kier molecular flexibility index (Phi) is 5.07. The largest absolute Gasteiger partial charge is 0.548 e. The molecule has 1 N–H and O–H groups in total. The quantitative estimate of drug-likeness (QED) is 0.518. The fourth-order valence-electron chi connectivity index (χ4n) is 3.37. The van der Waals surface area contributed by atoms with Crippen molar-refractivity contribution >= 4 is 39.5 Å². The minimum Gasteiger partial charge on any atom is -0.548 e. The summed E-state index contributed by atoms with van der Waals surface area (Å²) < 4.78 is 1.40. The van der Waals surface area contributed by atoms with E-state index in [0.29, 0.717) is 23.3 Å². The first-order valence-corrected chi connectivity index (χ1v) is 9.69. The fourth-order valence-corrected chi connectivity index (χ4v) is 3.37. The van der Waals surface area contributed by atoms with Crippen molar-refractivity contribution in [2.45, 2.75) is 39.2 Å². The molecular weight excluding hydrogens is 368 g/mol. The SMILES string of the molecule is CCCc1nc2ccccc2nc1Nc1ccc2nnn(C(CC)C(=O)[O-])c2c1. The Hall–Kier alpha value is -3.55. The van der Waals surface area contributed by atoms with Gasteiger partial charge in [-0.15, -0.1) is 5.10 Å². The Morgan fingerprint density at radius 3 is 2.55 bits per heavy atom. The van der Waals surface area contributed by atoms with Gasteiger partial charge in [-0.1, -0.05) is 37.6 Å². The third-order valence-electron chi connectivity index (χ3n) is 4.82. The summed E-state index contributed by atoms with van der Waals surface area (Å²) >= 11 is 0. The van der Waals surface area contributed by atoms with Crippen LogP contribution in [0.25, 0.3) is 22.1 Å². The number of aryl methyl sites for hydroxylation is 1. The highest BCUT2D eigenvalue weighted by molar-refractivity contribution is 5.83. The van der Waals surface area contributed by atoms with Crippen molar-refractivity contribution in [1.82, 2.24) is 25.0 Å². The number of benzene rings is 2. The van der Waals surface area contributed by atoms with E-state index in [9.17, 15) is 9.90 Å². The highest BCUT2D eigenvalue weighted by atomic mass is 16.4. The van der Waals surface area contributed by atoms with E-state index in [-0.39, 0.29) is 0 Å². The number of carbonyl (C=O) groups excluding carboxylic acids is 1. The van der Waals surface area contributed by atoms with Crippen LogP contribution in [0.1, 0.15) is 38.4 Å². The lowest BCUT2D eigenvalue weighted by molar-refractivity contribution is -0.310. The van der Waals surface area contributed by atoms with Crippen LogP contribution in [0.4, 0.5) is 11.5 Å². The number of para-hydroxylation sites is 2. The molecule has 0 saturated heterocycles. The molecule has 0 fully saturated rings. The number of hydrogen-bond acceptors (Lipinski definition) is 7. The van der Waals surface area contributed by atoms with E-state index in [1.54, 1.807) is 13.0 Å². The summed E-state index contributed by atoms with van der Waals surface area (Å²) in [5, 5.41) is 22.9. The molecule has 1 unspecified atom stereocenters. The number of carboxylic acid groups (broad SMARTS) is 1. The summed E-state index contributed by atoms with van der Waals surface area (Å²) in [7, 11) is 0. The monoisotopic (exact) mass is 389 g/mol. The number of fused-ring (bicyclic) bond motifs is 2. The molecule has 8 nitrogen and oxygen atoms in total. The van der Waals surface area contributed by atoms with E-state index >= 15 is 0 Å². The standard InChI is InChI=1S/C21H22N6O2/c1-3-7-17-20(24-15-9-6-5-8-14(15)23-17)22-13-10-11-16-19(12-13)27(26-25-16)18(4-2)21(28)29/h5-6,8-12,18H,3-4,7H2,1-2H3,(H,22,24)(H,28,29)/p-1. The van der Waals surface area contributed by atoms with Crippen LogP contribution < -0.4 is 10.4 Å². The van der Waals surface area contributed by atoms with Crippen LogP contribution in [-0.2, 0) is 11.2 Å². The Morgan fingerprint density at radius 2 is 1.86 bits per heavy atom. The Labute approximate surface area is 167 Å². The van der Waals surface area contributed by atoms with Crippen LogP contribution in [0.2, 0.25) is 0 Å². The molecule has 0 amide bonds. The van der Waals surface area contributed by atoms with Crippen LogP contribution in [0.15, 0.2) is 42.5 Å². The van der Waals surface area contributed by atoms with Crippen LogP contribution in [0, 0.1) is 0 Å². The first kappa shape index (κ1) is 18.8. The molecule has 0 spiro atoms. The predicted molar refractivity (Wildman–Crippen MR) is 109 cm³/mol. The molecular formula is C21H21N6O2-. The predicted octanol–water partition coefficient (Wildman–Crippen LogP) is 2.77. The number of carboxylic acids is 1. The third kappa shape index (κ3) is 3.61. The zero-order valence-electron chi connectivity index (χ0n) is 16.3. The molecule has 2 heterocycles. The molecule has 2 aromatic carbocycles. The summed E-state index contributed by atoms with van der Waals surface area (Å²) in [4.78, 5) is 21.0. The molecule has 0 aliphatic heterocycles. The second-order valence-corrected chi connectivity index (χ2v) is 6.86. The van der Waals surface area contributed by atoms with Gasteiger partial charge in [-0.2, -0.15) is 0 Å². The van der Waals surface area contributed by atoms with Crippen LogP contribution >= 0.6 is 0 Å². The fraction of sp³-hybridized carbons (Fsp3) is 0.286. The highest BCUT2D eigenvalue weighted by Crippen LogP contribution is 2.26. The molecule has 2 aromatic heterocycles. The smallest absolute Gasteiger partial charge is 0.152 e. The van der Waals surface area contributed by atoms with Crippen molar-refractivity contribution in [2.24, 2.45) is 0 Å². The van der Waals surface area contributed by atoms with Crippen molar-refractivity contribution in [2.75, 3.05) is 5.32 Å². The number of anilines is 2. The molecule has 4 aromatic rings. The number of rotatable bonds is 7. The second kappa shape index (κ2) is 7.83. The van der Waals surface area contributed by atoms with E-state index in [2.05, 4.69) is 22.6 Å². The summed E-state index contributed by atoms with van der Waals surface area (Å²) in [5.41, 5.74) is 4.56. The van der Waals surface area contributed by atoms with Gasteiger partial charge in [-0.3, -0.25) is 0 Å². The zero-order valence-corrected chi connectivity index (χ0v) is 16.3.